The Morgan fingerprint density at radius 2 is 2.47 bits per heavy atom. The molecule has 0 saturated heterocycles. The van der Waals surface area contributed by atoms with Crippen LogP contribution in [0.1, 0.15) is 24.9 Å². The summed E-state index contributed by atoms with van der Waals surface area (Å²) in [6, 6.07) is 6.18. The molecule has 0 spiro atoms. The van der Waals surface area contributed by atoms with Crippen LogP contribution in [-0.2, 0) is 0 Å². The van der Waals surface area contributed by atoms with Crippen molar-refractivity contribution in [3.63, 3.8) is 0 Å². The number of fused-ring (bicyclic) bond motifs is 1. The van der Waals surface area contributed by atoms with Gasteiger partial charge in [-0.2, -0.15) is 0 Å². The molecule has 0 aliphatic carbocycles. The van der Waals surface area contributed by atoms with Gasteiger partial charge in [-0.05, 0) is 25.1 Å². The number of ether oxygens (including phenoxy) is 2. The van der Waals surface area contributed by atoms with E-state index in [0.29, 0.717) is 12.6 Å². The molecule has 1 aliphatic rings. The Bertz CT molecular complexity index is 423. The molecule has 0 saturated carbocycles. The zero-order valence-electron chi connectivity index (χ0n) is 10.0. The second-order valence-corrected chi connectivity index (χ2v) is 4.01. The van der Waals surface area contributed by atoms with Crippen molar-refractivity contribution in [2.75, 3.05) is 19.8 Å². The van der Waals surface area contributed by atoms with Crippen molar-refractivity contribution in [2.24, 2.45) is 0 Å². The summed E-state index contributed by atoms with van der Waals surface area (Å²) in [6.07, 6.45) is 6.27. The maximum Gasteiger partial charge on any atom is 0.148 e. The fourth-order valence-corrected chi connectivity index (χ4v) is 1.89. The second-order valence-electron chi connectivity index (χ2n) is 4.01. The van der Waals surface area contributed by atoms with Crippen molar-refractivity contribution in [3.8, 4) is 23.8 Å². The smallest absolute Gasteiger partial charge is 0.148 e. The molecule has 1 aliphatic heterocycles. The lowest BCUT2D eigenvalue weighted by Crippen LogP contribution is -2.22. The normalized spacial score (nSPS) is 17.1. The number of hydrogen-bond acceptors (Lipinski definition) is 3. The largest absolute Gasteiger partial charge is 0.491 e. The Labute approximate surface area is 102 Å². The second kappa shape index (κ2) is 5.60. The molecule has 1 aromatic carbocycles. The van der Waals surface area contributed by atoms with Gasteiger partial charge in [0, 0.05) is 11.6 Å². The topological polar surface area (TPSA) is 30.5 Å². The fourth-order valence-electron chi connectivity index (χ4n) is 1.89. The van der Waals surface area contributed by atoms with Gasteiger partial charge >= 0.3 is 0 Å². The van der Waals surface area contributed by atoms with E-state index in [2.05, 4.69) is 18.2 Å². The highest BCUT2D eigenvalue weighted by atomic mass is 16.5. The van der Waals surface area contributed by atoms with Crippen molar-refractivity contribution in [1.82, 2.24) is 5.32 Å². The fraction of sp³-hybridized carbons (Fsp3) is 0.429. The summed E-state index contributed by atoms with van der Waals surface area (Å²) in [5, 5.41) is 3.45. The van der Waals surface area contributed by atoms with Crippen molar-refractivity contribution in [1.29, 1.82) is 0 Å². The third-order valence-corrected chi connectivity index (χ3v) is 2.73. The van der Waals surface area contributed by atoms with Crippen molar-refractivity contribution >= 4 is 0 Å². The number of rotatable bonds is 5. The Kier molecular flexibility index (Phi) is 3.89. The van der Waals surface area contributed by atoms with E-state index in [4.69, 9.17) is 15.9 Å². The molecule has 1 N–H and O–H groups in total. The van der Waals surface area contributed by atoms with Gasteiger partial charge in [0.15, 0.2) is 0 Å². The molecule has 1 aromatic rings. The first-order valence-corrected chi connectivity index (χ1v) is 5.91. The van der Waals surface area contributed by atoms with Crippen LogP contribution < -0.4 is 14.8 Å². The molecule has 1 heterocycles. The lowest BCUT2D eigenvalue weighted by molar-refractivity contribution is 0.309. The third kappa shape index (κ3) is 2.72. The van der Waals surface area contributed by atoms with Gasteiger partial charge in [0.25, 0.3) is 0 Å². The Morgan fingerprint density at radius 1 is 1.59 bits per heavy atom. The van der Waals surface area contributed by atoms with Crippen LogP contribution in [0.5, 0.6) is 11.5 Å². The summed E-state index contributed by atoms with van der Waals surface area (Å²) in [6.45, 7) is 4.13. The van der Waals surface area contributed by atoms with Crippen LogP contribution in [0.3, 0.4) is 0 Å². The summed E-state index contributed by atoms with van der Waals surface area (Å²) in [5.41, 5.74) is 1.20. The van der Waals surface area contributed by atoms with Crippen LogP contribution in [0.25, 0.3) is 0 Å². The SMILES string of the molecule is C#CCOc1ccc2c(c1)OCC2NCCC. The van der Waals surface area contributed by atoms with E-state index in [-0.39, 0.29) is 6.61 Å². The van der Waals surface area contributed by atoms with Crippen LogP contribution in [0.4, 0.5) is 0 Å². The molecule has 0 radical (unpaired) electrons. The van der Waals surface area contributed by atoms with E-state index in [9.17, 15) is 0 Å². The molecule has 0 aromatic heterocycles. The van der Waals surface area contributed by atoms with Crippen molar-refractivity contribution < 1.29 is 9.47 Å². The summed E-state index contributed by atoms with van der Waals surface area (Å²) in [7, 11) is 0. The molecule has 3 heteroatoms. The monoisotopic (exact) mass is 231 g/mol. The number of terminal acetylenes is 1. The zero-order chi connectivity index (χ0) is 12.1. The molecule has 3 nitrogen and oxygen atoms in total. The lowest BCUT2D eigenvalue weighted by atomic mass is 10.1. The average molecular weight is 231 g/mol. The van der Waals surface area contributed by atoms with Gasteiger partial charge < -0.3 is 14.8 Å². The maximum atomic E-state index is 5.63. The summed E-state index contributed by atoms with van der Waals surface area (Å²) >= 11 is 0. The molecule has 1 atom stereocenters. The molecule has 1 unspecified atom stereocenters. The van der Waals surface area contributed by atoms with Gasteiger partial charge in [0.05, 0.1) is 6.04 Å². The first kappa shape index (κ1) is 11.8. The van der Waals surface area contributed by atoms with E-state index in [1.54, 1.807) is 0 Å². The molecule has 90 valence electrons. The van der Waals surface area contributed by atoms with Crippen molar-refractivity contribution in [2.45, 2.75) is 19.4 Å². The summed E-state index contributed by atoms with van der Waals surface area (Å²) in [4.78, 5) is 0. The van der Waals surface area contributed by atoms with Crippen LogP contribution in [0, 0.1) is 12.3 Å². The van der Waals surface area contributed by atoms with Crippen LogP contribution >= 0.6 is 0 Å². The highest BCUT2D eigenvalue weighted by molar-refractivity contribution is 5.45. The minimum Gasteiger partial charge on any atom is -0.491 e. The quantitative estimate of drug-likeness (QED) is 0.787. The standard InChI is InChI=1S/C14H17NO2/c1-3-7-15-13-10-17-14-9-11(16-8-4-2)5-6-12(13)14/h2,5-6,9,13,15H,3,7-8,10H2,1H3. The molecule has 2 rings (SSSR count). The van der Waals surface area contributed by atoms with E-state index < -0.39 is 0 Å². The highest BCUT2D eigenvalue weighted by Gasteiger charge is 2.23. The van der Waals surface area contributed by atoms with Gasteiger partial charge in [0.1, 0.15) is 24.7 Å². The van der Waals surface area contributed by atoms with Gasteiger partial charge in [-0.15, -0.1) is 6.42 Å². The van der Waals surface area contributed by atoms with Crippen LogP contribution in [0.2, 0.25) is 0 Å². The van der Waals surface area contributed by atoms with Gasteiger partial charge in [0.2, 0.25) is 0 Å². The predicted molar refractivity (Wildman–Crippen MR) is 67.3 cm³/mol. The summed E-state index contributed by atoms with van der Waals surface area (Å²) < 4.78 is 11.0. The average Bonchev–Trinajstić information content (AvgIpc) is 2.76. The lowest BCUT2D eigenvalue weighted by Gasteiger charge is -2.10. The van der Waals surface area contributed by atoms with E-state index in [1.807, 2.05) is 18.2 Å². The third-order valence-electron chi connectivity index (χ3n) is 2.73. The number of benzene rings is 1. The van der Waals surface area contributed by atoms with E-state index in [0.717, 1.165) is 24.5 Å². The number of hydrogen-bond donors (Lipinski definition) is 1. The van der Waals surface area contributed by atoms with Crippen LogP contribution in [0.15, 0.2) is 18.2 Å². The molecular weight excluding hydrogens is 214 g/mol. The Balaban J connectivity index is 2.06. The first-order chi connectivity index (χ1) is 8.35. The van der Waals surface area contributed by atoms with Gasteiger partial charge in [-0.25, -0.2) is 0 Å². The minimum atomic E-state index is 0.288. The molecule has 0 amide bonds. The van der Waals surface area contributed by atoms with Gasteiger partial charge in [-0.1, -0.05) is 12.8 Å². The van der Waals surface area contributed by atoms with Crippen LogP contribution in [-0.4, -0.2) is 19.8 Å². The molecule has 17 heavy (non-hydrogen) atoms. The van der Waals surface area contributed by atoms with E-state index in [1.165, 1.54) is 5.56 Å². The summed E-state index contributed by atoms with van der Waals surface area (Å²) in [5.74, 6) is 4.10. The number of nitrogens with one attached hydrogen (secondary N) is 1. The molecule has 0 bridgehead atoms. The maximum absolute atomic E-state index is 5.63. The van der Waals surface area contributed by atoms with Crippen molar-refractivity contribution in [3.05, 3.63) is 23.8 Å². The van der Waals surface area contributed by atoms with Gasteiger partial charge in [-0.3, -0.25) is 0 Å². The zero-order valence-corrected chi connectivity index (χ0v) is 10.0. The minimum absolute atomic E-state index is 0.288. The predicted octanol–water partition coefficient (Wildman–Crippen LogP) is 2.13. The highest BCUT2D eigenvalue weighted by Crippen LogP contribution is 2.35. The Hall–Kier alpha value is -1.66. The Morgan fingerprint density at radius 3 is 3.24 bits per heavy atom. The first-order valence-electron chi connectivity index (χ1n) is 5.91. The molecule has 0 fully saturated rings. The van der Waals surface area contributed by atoms with E-state index >= 15 is 0 Å². The molecular formula is C14H17NO2.